The molecule has 0 spiro atoms. The predicted molar refractivity (Wildman–Crippen MR) is 101 cm³/mol. The van der Waals surface area contributed by atoms with Crippen molar-refractivity contribution >= 4 is 12.1 Å². The van der Waals surface area contributed by atoms with E-state index < -0.39 is 0 Å². The van der Waals surface area contributed by atoms with Crippen molar-refractivity contribution in [2.75, 3.05) is 7.11 Å². The number of hydrogen-bond acceptors (Lipinski definition) is 4. The molecule has 1 N–H and O–H groups in total. The molecule has 26 heavy (non-hydrogen) atoms. The van der Waals surface area contributed by atoms with Crippen molar-refractivity contribution in [3.63, 3.8) is 0 Å². The van der Waals surface area contributed by atoms with Crippen LogP contribution < -0.4 is 10.2 Å². The monoisotopic (exact) mass is 348 g/mol. The molecule has 1 amide bonds. The summed E-state index contributed by atoms with van der Waals surface area (Å²) < 4.78 is 6.99. The Morgan fingerprint density at radius 1 is 1.15 bits per heavy atom. The number of aryl methyl sites for hydroxylation is 1. The first kappa shape index (κ1) is 17.4. The number of methoxy groups -OCH3 is 1. The van der Waals surface area contributed by atoms with Gasteiger partial charge in [-0.3, -0.25) is 4.79 Å². The van der Waals surface area contributed by atoms with Gasteiger partial charge in [0.1, 0.15) is 5.75 Å². The SMILES string of the molecule is COc1cccc(C(=O)NN=Cc2c(C)nn(-c3ccccc3)c2C)c1. The fourth-order valence-electron chi connectivity index (χ4n) is 2.65. The Hall–Kier alpha value is -3.41. The van der Waals surface area contributed by atoms with Crippen LogP contribution in [0.1, 0.15) is 27.3 Å². The first-order valence-electron chi connectivity index (χ1n) is 8.19. The molecule has 0 aliphatic rings. The lowest BCUT2D eigenvalue weighted by Crippen LogP contribution is -2.17. The number of hydrazone groups is 1. The number of nitrogens with zero attached hydrogens (tertiary/aromatic N) is 3. The number of rotatable bonds is 5. The van der Waals surface area contributed by atoms with Crippen molar-refractivity contribution in [3.8, 4) is 11.4 Å². The molecule has 1 heterocycles. The number of aromatic nitrogens is 2. The van der Waals surface area contributed by atoms with Gasteiger partial charge in [-0.05, 0) is 44.2 Å². The molecule has 6 heteroatoms. The lowest BCUT2D eigenvalue weighted by Gasteiger charge is -2.04. The Morgan fingerprint density at radius 2 is 1.92 bits per heavy atom. The minimum absolute atomic E-state index is 0.300. The number of carbonyl (C=O) groups excluding carboxylic acids is 1. The Morgan fingerprint density at radius 3 is 2.65 bits per heavy atom. The first-order chi connectivity index (χ1) is 12.6. The van der Waals surface area contributed by atoms with Crippen LogP contribution in [0.5, 0.6) is 5.75 Å². The van der Waals surface area contributed by atoms with Gasteiger partial charge in [-0.25, -0.2) is 10.1 Å². The van der Waals surface area contributed by atoms with Gasteiger partial charge < -0.3 is 4.74 Å². The smallest absolute Gasteiger partial charge is 0.271 e. The van der Waals surface area contributed by atoms with Gasteiger partial charge in [0.25, 0.3) is 5.91 Å². The number of para-hydroxylation sites is 1. The molecule has 0 saturated heterocycles. The minimum Gasteiger partial charge on any atom is -0.497 e. The summed E-state index contributed by atoms with van der Waals surface area (Å²) in [6, 6.07) is 16.8. The third-order valence-corrected chi connectivity index (χ3v) is 4.04. The Bertz CT molecular complexity index is 946. The molecule has 0 unspecified atom stereocenters. The van der Waals surface area contributed by atoms with Crippen LogP contribution in [0.3, 0.4) is 0 Å². The van der Waals surface area contributed by atoms with Crippen molar-refractivity contribution in [1.29, 1.82) is 0 Å². The molecule has 3 rings (SSSR count). The lowest BCUT2D eigenvalue weighted by molar-refractivity contribution is 0.0955. The Balaban J connectivity index is 1.76. The maximum atomic E-state index is 12.2. The zero-order valence-corrected chi connectivity index (χ0v) is 14.9. The molecule has 3 aromatic rings. The summed E-state index contributed by atoms with van der Waals surface area (Å²) in [4.78, 5) is 12.2. The van der Waals surface area contributed by atoms with E-state index in [1.54, 1.807) is 37.6 Å². The van der Waals surface area contributed by atoms with Gasteiger partial charge in [-0.15, -0.1) is 0 Å². The van der Waals surface area contributed by atoms with E-state index in [-0.39, 0.29) is 5.91 Å². The third kappa shape index (κ3) is 3.64. The average molecular weight is 348 g/mol. The third-order valence-electron chi connectivity index (χ3n) is 4.04. The van der Waals surface area contributed by atoms with Crippen LogP contribution in [0, 0.1) is 13.8 Å². The molecule has 0 fully saturated rings. The molecular weight excluding hydrogens is 328 g/mol. The average Bonchev–Trinajstić information content (AvgIpc) is 2.96. The number of hydrogen-bond donors (Lipinski definition) is 1. The van der Waals surface area contributed by atoms with Gasteiger partial charge in [0, 0.05) is 11.1 Å². The van der Waals surface area contributed by atoms with Crippen LogP contribution in [0.4, 0.5) is 0 Å². The van der Waals surface area contributed by atoms with Gasteiger partial charge in [0.2, 0.25) is 0 Å². The zero-order valence-electron chi connectivity index (χ0n) is 14.9. The van der Waals surface area contributed by atoms with Gasteiger partial charge >= 0.3 is 0 Å². The second-order valence-electron chi connectivity index (χ2n) is 5.76. The number of nitrogens with one attached hydrogen (secondary N) is 1. The molecule has 0 aliphatic heterocycles. The highest BCUT2D eigenvalue weighted by molar-refractivity contribution is 5.95. The second-order valence-corrected chi connectivity index (χ2v) is 5.76. The van der Waals surface area contributed by atoms with E-state index >= 15 is 0 Å². The van der Waals surface area contributed by atoms with Crippen molar-refractivity contribution < 1.29 is 9.53 Å². The fraction of sp³-hybridized carbons (Fsp3) is 0.150. The highest BCUT2D eigenvalue weighted by Gasteiger charge is 2.11. The van der Waals surface area contributed by atoms with Gasteiger partial charge in [0.05, 0.1) is 30.4 Å². The van der Waals surface area contributed by atoms with E-state index in [1.165, 1.54) is 0 Å². The molecule has 1 aromatic heterocycles. The van der Waals surface area contributed by atoms with E-state index in [4.69, 9.17) is 4.74 Å². The minimum atomic E-state index is -0.300. The topological polar surface area (TPSA) is 68.5 Å². The maximum Gasteiger partial charge on any atom is 0.271 e. The quantitative estimate of drug-likeness (QED) is 0.568. The highest BCUT2D eigenvalue weighted by atomic mass is 16.5. The Labute approximate surface area is 152 Å². The van der Waals surface area contributed by atoms with Crippen LogP contribution in [0.25, 0.3) is 5.69 Å². The maximum absolute atomic E-state index is 12.2. The van der Waals surface area contributed by atoms with Gasteiger partial charge in [-0.1, -0.05) is 24.3 Å². The summed E-state index contributed by atoms with van der Waals surface area (Å²) in [6.07, 6.45) is 1.62. The molecule has 132 valence electrons. The number of carbonyl (C=O) groups is 1. The zero-order chi connectivity index (χ0) is 18.5. The van der Waals surface area contributed by atoms with Crippen LogP contribution in [0.15, 0.2) is 59.7 Å². The van der Waals surface area contributed by atoms with E-state index in [2.05, 4.69) is 15.6 Å². The largest absolute Gasteiger partial charge is 0.497 e. The van der Waals surface area contributed by atoms with E-state index in [1.807, 2.05) is 48.9 Å². The van der Waals surface area contributed by atoms with Crippen LogP contribution in [-0.4, -0.2) is 29.0 Å². The van der Waals surface area contributed by atoms with Crippen molar-refractivity contribution in [1.82, 2.24) is 15.2 Å². The number of ether oxygens (including phenoxy) is 1. The van der Waals surface area contributed by atoms with Crippen molar-refractivity contribution in [3.05, 3.63) is 77.1 Å². The lowest BCUT2D eigenvalue weighted by atomic mass is 10.2. The first-order valence-corrected chi connectivity index (χ1v) is 8.19. The molecule has 6 nitrogen and oxygen atoms in total. The molecule has 0 bridgehead atoms. The summed E-state index contributed by atoms with van der Waals surface area (Å²) in [5, 5.41) is 8.64. The molecule has 0 atom stereocenters. The summed E-state index contributed by atoms with van der Waals surface area (Å²) >= 11 is 0. The number of benzene rings is 2. The molecular formula is C20H20N4O2. The van der Waals surface area contributed by atoms with Crippen molar-refractivity contribution in [2.24, 2.45) is 5.10 Å². The van der Waals surface area contributed by atoms with Crippen molar-refractivity contribution in [2.45, 2.75) is 13.8 Å². The second kappa shape index (κ2) is 7.65. The van der Waals surface area contributed by atoms with Gasteiger partial charge in [-0.2, -0.15) is 10.2 Å². The Kier molecular flexibility index (Phi) is 5.12. The molecule has 0 aliphatic carbocycles. The van der Waals surface area contributed by atoms with Crippen LogP contribution >= 0.6 is 0 Å². The van der Waals surface area contributed by atoms with Gasteiger partial charge in [0.15, 0.2) is 0 Å². The molecule has 0 radical (unpaired) electrons. The van der Waals surface area contributed by atoms with E-state index in [9.17, 15) is 4.79 Å². The van der Waals surface area contributed by atoms with Crippen LogP contribution in [-0.2, 0) is 0 Å². The summed E-state index contributed by atoms with van der Waals surface area (Å²) in [5.74, 6) is 0.323. The number of amides is 1. The normalized spacial score (nSPS) is 10.9. The standard InChI is InChI=1S/C20H20N4O2/c1-14-19(15(2)24(23-14)17-9-5-4-6-10-17)13-21-22-20(25)16-8-7-11-18(12-16)26-3/h4-13H,1-3H3,(H,22,25). The highest BCUT2D eigenvalue weighted by Crippen LogP contribution is 2.16. The predicted octanol–water partition coefficient (Wildman–Crippen LogP) is 3.26. The summed E-state index contributed by atoms with van der Waals surface area (Å²) in [7, 11) is 1.56. The fourth-order valence-corrected chi connectivity index (χ4v) is 2.65. The molecule has 2 aromatic carbocycles. The van der Waals surface area contributed by atoms with E-state index in [0.29, 0.717) is 11.3 Å². The summed E-state index contributed by atoms with van der Waals surface area (Å²) in [6.45, 7) is 3.88. The van der Waals surface area contributed by atoms with Crippen LogP contribution in [0.2, 0.25) is 0 Å². The van der Waals surface area contributed by atoms with E-state index in [0.717, 1.165) is 22.6 Å². The molecule has 0 saturated carbocycles. The summed E-state index contributed by atoms with van der Waals surface area (Å²) in [5.41, 5.74) is 6.67.